The lowest BCUT2D eigenvalue weighted by atomic mass is 10.3. The maximum atomic E-state index is 10.8. The molecule has 86 valence electrons. The molecule has 0 aliphatic carbocycles. The Kier molecular flexibility index (Phi) is 3.39. The molecule has 2 heterocycles. The summed E-state index contributed by atoms with van der Waals surface area (Å²) in [6.07, 6.45) is 3.21. The second kappa shape index (κ2) is 4.97. The molecule has 0 fully saturated rings. The van der Waals surface area contributed by atoms with Gasteiger partial charge in [-0.05, 0) is 30.7 Å². The maximum Gasteiger partial charge on any atom is 0.354 e. The van der Waals surface area contributed by atoms with Gasteiger partial charge >= 0.3 is 5.97 Å². The predicted octanol–water partition coefficient (Wildman–Crippen LogP) is 2.63. The number of hydrogen-bond acceptors (Lipinski definition) is 4. The van der Waals surface area contributed by atoms with Gasteiger partial charge in [-0.25, -0.2) is 14.8 Å². The molecule has 2 aromatic heterocycles. The molecule has 0 atom stereocenters. The molecule has 0 radical (unpaired) electrons. The van der Waals surface area contributed by atoms with Crippen molar-refractivity contribution in [2.45, 2.75) is 16.8 Å². The average molecular weight is 246 g/mol. The summed E-state index contributed by atoms with van der Waals surface area (Å²) in [6, 6.07) is 7.15. The van der Waals surface area contributed by atoms with E-state index in [9.17, 15) is 4.79 Å². The van der Waals surface area contributed by atoms with Crippen LogP contribution < -0.4 is 0 Å². The first-order valence-corrected chi connectivity index (χ1v) is 5.77. The van der Waals surface area contributed by atoms with Crippen LogP contribution in [0.2, 0.25) is 0 Å². The molecular formula is C12H10N2O2S. The largest absolute Gasteiger partial charge is 0.477 e. The Hall–Kier alpha value is -1.88. The van der Waals surface area contributed by atoms with Crippen LogP contribution in [0.1, 0.15) is 16.1 Å². The summed E-state index contributed by atoms with van der Waals surface area (Å²) in [5.74, 6) is -1.02. The molecule has 0 saturated heterocycles. The first kappa shape index (κ1) is 11.6. The number of aromatic nitrogens is 2. The zero-order chi connectivity index (χ0) is 12.3. The van der Waals surface area contributed by atoms with Crippen LogP contribution in [0.4, 0.5) is 0 Å². The summed E-state index contributed by atoms with van der Waals surface area (Å²) >= 11 is 1.43. The Morgan fingerprint density at radius 2 is 2.12 bits per heavy atom. The molecule has 0 aliphatic rings. The van der Waals surface area contributed by atoms with Crippen molar-refractivity contribution in [1.82, 2.24) is 9.97 Å². The van der Waals surface area contributed by atoms with E-state index in [0.29, 0.717) is 0 Å². The third kappa shape index (κ3) is 2.82. The van der Waals surface area contributed by atoms with E-state index in [0.717, 1.165) is 15.5 Å². The molecule has 0 aromatic carbocycles. The minimum Gasteiger partial charge on any atom is -0.477 e. The first-order valence-electron chi connectivity index (χ1n) is 4.95. The minimum atomic E-state index is -1.02. The zero-order valence-electron chi connectivity index (χ0n) is 9.12. The van der Waals surface area contributed by atoms with Crippen LogP contribution in [-0.2, 0) is 0 Å². The van der Waals surface area contributed by atoms with E-state index in [4.69, 9.17) is 5.11 Å². The highest BCUT2D eigenvalue weighted by molar-refractivity contribution is 7.99. The number of carboxylic acid groups (broad SMARTS) is 1. The van der Waals surface area contributed by atoms with Gasteiger partial charge in [0.1, 0.15) is 10.7 Å². The maximum absolute atomic E-state index is 10.8. The molecule has 0 bridgehead atoms. The molecule has 0 spiro atoms. The predicted molar refractivity (Wildman–Crippen MR) is 64.3 cm³/mol. The SMILES string of the molecule is Cc1cccnc1Sc1ccnc(C(=O)O)c1. The number of pyridine rings is 2. The molecular weight excluding hydrogens is 236 g/mol. The number of nitrogens with zero attached hydrogens (tertiary/aromatic N) is 2. The monoisotopic (exact) mass is 246 g/mol. The number of rotatable bonds is 3. The molecule has 0 unspecified atom stereocenters. The zero-order valence-corrected chi connectivity index (χ0v) is 9.94. The lowest BCUT2D eigenvalue weighted by Gasteiger charge is -2.04. The number of hydrogen-bond donors (Lipinski definition) is 1. The molecule has 5 heteroatoms. The van der Waals surface area contributed by atoms with Gasteiger partial charge in [0.25, 0.3) is 0 Å². The van der Waals surface area contributed by atoms with Crippen LogP contribution in [0, 0.1) is 6.92 Å². The van der Waals surface area contributed by atoms with Crippen LogP contribution in [0.25, 0.3) is 0 Å². The van der Waals surface area contributed by atoms with E-state index in [1.807, 2.05) is 19.1 Å². The van der Waals surface area contributed by atoms with Gasteiger partial charge in [0.15, 0.2) is 0 Å². The van der Waals surface area contributed by atoms with E-state index < -0.39 is 5.97 Å². The van der Waals surface area contributed by atoms with Crippen molar-refractivity contribution in [2.24, 2.45) is 0 Å². The lowest BCUT2D eigenvalue weighted by molar-refractivity contribution is 0.0690. The van der Waals surface area contributed by atoms with Crippen molar-refractivity contribution >= 4 is 17.7 Å². The smallest absolute Gasteiger partial charge is 0.354 e. The van der Waals surface area contributed by atoms with Crippen molar-refractivity contribution in [3.63, 3.8) is 0 Å². The second-order valence-electron chi connectivity index (χ2n) is 3.41. The summed E-state index contributed by atoms with van der Waals surface area (Å²) in [7, 11) is 0. The average Bonchev–Trinajstić information content (AvgIpc) is 2.32. The normalized spacial score (nSPS) is 10.2. The van der Waals surface area contributed by atoms with Crippen LogP contribution in [0.15, 0.2) is 46.6 Å². The van der Waals surface area contributed by atoms with Gasteiger partial charge in [-0.15, -0.1) is 0 Å². The number of carboxylic acids is 1. The standard InChI is InChI=1S/C12H10N2O2S/c1-8-3-2-5-14-11(8)17-9-4-6-13-10(7-9)12(15)16/h2-7H,1H3,(H,15,16). The molecule has 1 N–H and O–H groups in total. The van der Waals surface area contributed by atoms with Crippen molar-refractivity contribution < 1.29 is 9.90 Å². The van der Waals surface area contributed by atoms with E-state index >= 15 is 0 Å². The van der Waals surface area contributed by atoms with Gasteiger partial charge in [-0.3, -0.25) is 0 Å². The number of aromatic carboxylic acids is 1. The second-order valence-corrected chi connectivity index (χ2v) is 4.47. The fourth-order valence-corrected chi connectivity index (χ4v) is 2.15. The Morgan fingerprint density at radius 3 is 2.82 bits per heavy atom. The van der Waals surface area contributed by atoms with Gasteiger partial charge in [0.05, 0.1) is 0 Å². The Balaban J connectivity index is 2.28. The fourth-order valence-electron chi connectivity index (χ4n) is 1.28. The van der Waals surface area contributed by atoms with Crippen LogP contribution in [0.3, 0.4) is 0 Å². The number of aryl methyl sites for hydroxylation is 1. The molecule has 2 aromatic rings. The van der Waals surface area contributed by atoms with Crippen molar-refractivity contribution in [2.75, 3.05) is 0 Å². The molecule has 17 heavy (non-hydrogen) atoms. The minimum absolute atomic E-state index is 0.0450. The fraction of sp³-hybridized carbons (Fsp3) is 0.0833. The van der Waals surface area contributed by atoms with Crippen molar-refractivity contribution in [1.29, 1.82) is 0 Å². The Morgan fingerprint density at radius 1 is 1.29 bits per heavy atom. The number of carbonyl (C=O) groups is 1. The van der Waals surface area contributed by atoms with Gasteiger partial charge in [-0.1, -0.05) is 17.8 Å². The Bertz CT molecular complexity index is 558. The summed E-state index contributed by atoms with van der Waals surface area (Å²) in [4.78, 5) is 19.6. The van der Waals surface area contributed by atoms with Crippen LogP contribution in [0.5, 0.6) is 0 Å². The van der Waals surface area contributed by atoms with Gasteiger partial charge in [0, 0.05) is 17.3 Å². The highest BCUT2D eigenvalue weighted by Gasteiger charge is 2.07. The first-order chi connectivity index (χ1) is 8.16. The quantitative estimate of drug-likeness (QED) is 0.902. The highest BCUT2D eigenvalue weighted by Crippen LogP contribution is 2.28. The highest BCUT2D eigenvalue weighted by atomic mass is 32.2. The topological polar surface area (TPSA) is 63.1 Å². The summed E-state index contributed by atoms with van der Waals surface area (Å²) < 4.78 is 0. The van der Waals surface area contributed by atoms with E-state index in [1.54, 1.807) is 18.3 Å². The van der Waals surface area contributed by atoms with E-state index in [2.05, 4.69) is 9.97 Å². The summed E-state index contributed by atoms with van der Waals surface area (Å²) in [5.41, 5.74) is 1.11. The third-order valence-electron chi connectivity index (χ3n) is 2.13. The van der Waals surface area contributed by atoms with Crippen molar-refractivity contribution in [3.8, 4) is 0 Å². The lowest BCUT2D eigenvalue weighted by Crippen LogP contribution is -1.99. The molecule has 4 nitrogen and oxygen atoms in total. The van der Waals surface area contributed by atoms with Gasteiger partial charge < -0.3 is 5.11 Å². The van der Waals surface area contributed by atoms with Gasteiger partial charge in [0.2, 0.25) is 0 Å². The van der Waals surface area contributed by atoms with Gasteiger partial charge in [-0.2, -0.15) is 0 Å². The van der Waals surface area contributed by atoms with Crippen LogP contribution >= 0.6 is 11.8 Å². The molecule has 0 aliphatic heterocycles. The summed E-state index contributed by atoms with van der Waals surface area (Å²) in [6.45, 7) is 1.97. The molecule has 2 rings (SSSR count). The van der Waals surface area contributed by atoms with Crippen molar-refractivity contribution in [3.05, 3.63) is 47.9 Å². The molecule has 0 amide bonds. The Labute approximate surface area is 103 Å². The third-order valence-corrected chi connectivity index (χ3v) is 3.24. The van der Waals surface area contributed by atoms with E-state index in [-0.39, 0.29) is 5.69 Å². The molecule has 0 saturated carbocycles. The van der Waals surface area contributed by atoms with Crippen LogP contribution in [-0.4, -0.2) is 21.0 Å². The van der Waals surface area contributed by atoms with E-state index in [1.165, 1.54) is 18.0 Å². The summed E-state index contributed by atoms with van der Waals surface area (Å²) in [5, 5.41) is 9.71.